The maximum absolute atomic E-state index is 10.7. The molecule has 2 heterocycles. The van der Waals surface area contributed by atoms with E-state index in [0.29, 0.717) is 5.92 Å². The van der Waals surface area contributed by atoms with E-state index in [9.17, 15) is 4.79 Å². The van der Waals surface area contributed by atoms with Crippen LogP contribution in [0.5, 0.6) is 0 Å². The number of carboxylic acids is 1. The molecule has 1 atom stereocenters. The SMILES string of the molecule is CNCC1CCCN(c2ccc(C(=O)O)nn2)C1. The van der Waals surface area contributed by atoms with Crippen LogP contribution in [0, 0.1) is 5.92 Å². The van der Waals surface area contributed by atoms with Gasteiger partial charge in [0, 0.05) is 13.1 Å². The average molecular weight is 250 g/mol. The van der Waals surface area contributed by atoms with E-state index in [1.807, 2.05) is 7.05 Å². The summed E-state index contributed by atoms with van der Waals surface area (Å²) in [7, 11) is 1.96. The number of aromatic nitrogens is 2. The van der Waals surface area contributed by atoms with E-state index in [2.05, 4.69) is 20.4 Å². The van der Waals surface area contributed by atoms with Crippen molar-refractivity contribution in [3.8, 4) is 0 Å². The van der Waals surface area contributed by atoms with Crippen LogP contribution >= 0.6 is 0 Å². The van der Waals surface area contributed by atoms with E-state index in [0.717, 1.165) is 31.9 Å². The van der Waals surface area contributed by atoms with Gasteiger partial charge in [0.15, 0.2) is 11.5 Å². The highest BCUT2D eigenvalue weighted by Gasteiger charge is 2.20. The van der Waals surface area contributed by atoms with Gasteiger partial charge in [-0.2, -0.15) is 0 Å². The van der Waals surface area contributed by atoms with E-state index in [4.69, 9.17) is 5.11 Å². The van der Waals surface area contributed by atoms with E-state index in [-0.39, 0.29) is 5.69 Å². The van der Waals surface area contributed by atoms with Crippen molar-refractivity contribution in [2.45, 2.75) is 12.8 Å². The molecule has 1 aromatic heterocycles. The molecule has 0 aliphatic carbocycles. The fourth-order valence-electron chi connectivity index (χ4n) is 2.34. The van der Waals surface area contributed by atoms with Gasteiger partial charge < -0.3 is 15.3 Å². The zero-order valence-electron chi connectivity index (χ0n) is 10.5. The summed E-state index contributed by atoms with van der Waals surface area (Å²) in [6.07, 6.45) is 2.35. The summed E-state index contributed by atoms with van der Waals surface area (Å²) in [6.45, 7) is 2.90. The molecule has 0 aromatic carbocycles. The maximum Gasteiger partial charge on any atom is 0.356 e. The number of hydrogen-bond donors (Lipinski definition) is 2. The number of piperidine rings is 1. The molecule has 0 spiro atoms. The number of carboxylic acid groups (broad SMARTS) is 1. The summed E-state index contributed by atoms with van der Waals surface area (Å²) >= 11 is 0. The summed E-state index contributed by atoms with van der Waals surface area (Å²) in [6, 6.07) is 3.24. The second-order valence-electron chi connectivity index (χ2n) is 4.59. The molecule has 1 aromatic rings. The Hall–Kier alpha value is -1.69. The highest BCUT2D eigenvalue weighted by atomic mass is 16.4. The minimum atomic E-state index is -1.04. The molecule has 0 amide bonds. The van der Waals surface area contributed by atoms with Gasteiger partial charge in [-0.1, -0.05) is 0 Å². The predicted octanol–water partition coefficient (Wildman–Crippen LogP) is 0.611. The van der Waals surface area contributed by atoms with Gasteiger partial charge >= 0.3 is 5.97 Å². The van der Waals surface area contributed by atoms with Gasteiger partial charge in [-0.15, -0.1) is 10.2 Å². The monoisotopic (exact) mass is 250 g/mol. The van der Waals surface area contributed by atoms with E-state index in [1.54, 1.807) is 6.07 Å². The van der Waals surface area contributed by atoms with Crippen LogP contribution < -0.4 is 10.2 Å². The average Bonchev–Trinajstić information content (AvgIpc) is 2.39. The van der Waals surface area contributed by atoms with Crippen molar-refractivity contribution >= 4 is 11.8 Å². The van der Waals surface area contributed by atoms with Gasteiger partial charge in [0.2, 0.25) is 0 Å². The number of nitrogens with one attached hydrogen (secondary N) is 1. The van der Waals surface area contributed by atoms with E-state index >= 15 is 0 Å². The molecule has 6 nitrogen and oxygen atoms in total. The number of aromatic carboxylic acids is 1. The molecule has 1 aliphatic heterocycles. The normalized spacial score (nSPS) is 19.8. The van der Waals surface area contributed by atoms with Crippen LogP contribution in [0.25, 0.3) is 0 Å². The first kappa shape index (κ1) is 12.8. The smallest absolute Gasteiger partial charge is 0.356 e. The number of anilines is 1. The highest BCUT2D eigenvalue weighted by Crippen LogP contribution is 2.20. The Morgan fingerprint density at radius 1 is 1.56 bits per heavy atom. The van der Waals surface area contributed by atoms with Gasteiger partial charge in [0.1, 0.15) is 0 Å². The predicted molar refractivity (Wildman–Crippen MR) is 67.9 cm³/mol. The highest BCUT2D eigenvalue weighted by molar-refractivity contribution is 5.85. The molecule has 2 N–H and O–H groups in total. The van der Waals surface area contributed by atoms with Crippen molar-refractivity contribution in [2.75, 3.05) is 31.6 Å². The lowest BCUT2D eigenvalue weighted by Crippen LogP contribution is -2.39. The van der Waals surface area contributed by atoms with Crippen LogP contribution in [0.1, 0.15) is 23.3 Å². The first-order valence-electron chi connectivity index (χ1n) is 6.17. The Balaban J connectivity index is 2.04. The van der Waals surface area contributed by atoms with Crippen LogP contribution in [-0.4, -0.2) is 48.0 Å². The Morgan fingerprint density at radius 3 is 3.00 bits per heavy atom. The maximum atomic E-state index is 10.7. The van der Waals surface area contributed by atoms with Gasteiger partial charge in [-0.25, -0.2) is 4.79 Å². The molecule has 1 saturated heterocycles. The topological polar surface area (TPSA) is 78.4 Å². The van der Waals surface area contributed by atoms with Crippen LogP contribution in [0.3, 0.4) is 0 Å². The lowest BCUT2D eigenvalue weighted by molar-refractivity contribution is 0.0689. The minimum Gasteiger partial charge on any atom is -0.476 e. The molecule has 2 rings (SSSR count). The molecule has 6 heteroatoms. The fourth-order valence-corrected chi connectivity index (χ4v) is 2.34. The quantitative estimate of drug-likeness (QED) is 0.815. The Kier molecular flexibility index (Phi) is 4.09. The first-order chi connectivity index (χ1) is 8.70. The summed E-state index contributed by atoms with van der Waals surface area (Å²) < 4.78 is 0. The third-order valence-electron chi connectivity index (χ3n) is 3.21. The van der Waals surface area contributed by atoms with Crippen LogP contribution in [-0.2, 0) is 0 Å². The molecular weight excluding hydrogens is 232 g/mol. The van der Waals surface area contributed by atoms with Crippen LogP contribution in [0.15, 0.2) is 12.1 Å². The summed E-state index contributed by atoms with van der Waals surface area (Å²) in [5.74, 6) is 0.339. The molecule has 1 aliphatic rings. The zero-order valence-corrected chi connectivity index (χ0v) is 10.5. The molecule has 1 fully saturated rings. The Labute approximate surface area is 106 Å². The van der Waals surface area contributed by atoms with Crippen molar-refractivity contribution in [3.05, 3.63) is 17.8 Å². The van der Waals surface area contributed by atoms with Crippen molar-refractivity contribution in [3.63, 3.8) is 0 Å². The lowest BCUT2D eigenvalue weighted by Gasteiger charge is -2.33. The van der Waals surface area contributed by atoms with Crippen molar-refractivity contribution in [1.29, 1.82) is 0 Å². The zero-order chi connectivity index (χ0) is 13.0. The third kappa shape index (κ3) is 2.95. The number of hydrogen-bond acceptors (Lipinski definition) is 5. The molecule has 98 valence electrons. The molecule has 0 bridgehead atoms. The number of nitrogens with zero attached hydrogens (tertiary/aromatic N) is 3. The van der Waals surface area contributed by atoms with Gasteiger partial charge in [-0.05, 0) is 44.5 Å². The summed E-state index contributed by atoms with van der Waals surface area (Å²) in [5.41, 5.74) is -0.0115. The second kappa shape index (κ2) is 5.77. The Bertz CT molecular complexity index is 405. The van der Waals surface area contributed by atoms with Gasteiger partial charge in [0.05, 0.1) is 0 Å². The Morgan fingerprint density at radius 2 is 2.39 bits per heavy atom. The number of carbonyl (C=O) groups is 1. The standard InChI is InChI=1S/C12H18N4O2/c1-13-7-9-3-2-6-16(8-9)11-5-4-10(12(17)18)14-15-11/h4-5,9,13H,2-3,6-8H2,1H3,(H,17,18). The van der Waals surface area contributed by atoms with Gasteiger partial charge in [0.25, 0.3) is 0 Å². The molecule has 1 unspecified atom stereocenters. The molecule has 0 saturated carbocycles. The molecular formula is C12H18N4O2. The largest absolute Gasteiger partial charge is 0.476 e. The van der Waals surface area contributed by atoms with Crippen LogP contribution in [0.4, 0.5) is 5.82 Å². The second-order valence-corrected chi connectivity index (χ2v) is 4.59. The van der Waals surface area contributed by atoms with Crippen molar-refractivity contribution < 1.29 is 9.90 Å². The van der Waals surface area contributed by atoms with Crippen molar-refractivity contribution in [1.82, 2.24) is 15.5 Å². The lowest BCUT2D eigenvalue weighted by atomic mass is 9.98. The summed E-state index contributed by atoms with van der Waals surface area (Å²) in [5, 5.41) is 19.7. The molecule has 18 heavy (non-hydrogen) atoms. The summed E-state index contributed by atoms with van der Waals surface area (Å²) in [4.78, 5) is 12.9. The first-order valence-corrected chi connectivity index (χ1v) is 6.17. The third-order valence-corrected chi connectivity index (χ3v) is 3.21. The van der Waals surface area contributed by atoms with Gasteiger partial charge in [-0.3, -0.25) is 0 Å². The van der Waals surface area contributed by atoms with E-state index in [1.165, 1.54) is 12.5 Å². The fraction of sp³-hybridized carbons (Fsp3) is 0.583. The molecule has 0 radical (unpaired) electrons. The number of rotatable bonds is 4. The van der Waals surface area contributed by atoms with E-state index < -0.39 is 5.97 Å². The minimum absolute atomic E-state index is 0.0115. The van der Waals surface area contributed by atoms with Crippen LogP contribution in [0.2, 0.25) is 0 Å². The van der Waals surface area contributed by atoms with Crippen molar-refractivity contribution in [2.24, 2.45) is 5.92 Å².